The maximum atomic E-state index is 13.8. The van der Waals surface area contributed by atoms with Crippen LogP contribution in [0.1, 0.15) is 49.8 Å². The topological polar surface area (TPSA) is 90.7 Å². The highest BCUT2D eigenvalue weighted by Crippen LogP contribution is 2.47. The highest BCUT2D eigenvalue weighted by atomic mass is 16.5. The Kier molecular flexibility index (Phi) is 6.78. The molecule has 1 aromatic heterocycles. The van der Waals surface area contributed by atoms with Crippen molar-refractivity contribution in [3.8, 4) is 17.2 Å². The van der Waals surface area contributed by atoms with Gasteiger partial charge in [0, 0.05) is 36.5 Å². The predicted octanol–water partition coefficient (Wildman–Crippen LogP) is 4.57. The van der Waals surface area contributed by atoms with Crippen molar-refractivity contribution < 1.29 is 19.0 Å². The van der Waals surface area contributed by atoms with Gasteiger partial charge in [-0.15, -0.1) is 0 Å². The summed E-state index contributed by atoms with van der Waals surface area (Å²) in [7, 11) is 4.77. The minimum Gasteiger partial charge on any atom is -0.493 e. The van der Waals surface area contributed by atoms with Gasteiger partial charge in [0.2, 0.25) is 11.7 Å². The van der Waals surface area contributed by atoms with E-state index in [-0.39, 0.29) is 17.7 Å². The number of anilines is 2. The number of rotatable bonds is 8. The molecule has 194 valence electrons. The first kappa shape index (κ1) is 24.7. The van der Waals surface area contributed by atoms with Crippen LogP contribution in [0.4, 0.5) is 11.6 Å². The van der Waals surface area contributed by atoms with Crippen molar-refractivity contribution >= 4 is 17.4 Å². The van der Waals surface area contributed by atoms with Crippen LogP contribution in [-0.4, -0.2) is 55.0 Å². The quantitative estimate of drug-likeness (QED) is 0.478. The van der Waals surface area contributed by atoms with Crippen LogP contribution in [0.5, 0.6) is 17.2 Å². The summed E-state index contributed by atoms with van der Waals surface area (Å²) in [6, 6.07) is 12.0. The van der Waals surface area contributed by atoms with Gasteiger partial charge in [0.15, 0.2) is 17.3 Å². The van der Waals surface area contributed by atoms with Gasteiger partial charge in [-0.1, -0.05) is 12.1 Å². The van der Waals surface area contributed by atoms with E-state index in [4.69, 9.17) is 14.2 Å². The highest BCUT2D eigenvalue weighted by Gasteiger charge is 2.39. The van der Waals surface area contributed by atoms with Crippen LogP contribution in [0.2, 0.25) is 0 Å². The Hall–Kier alpha value is -4.01. The number of ketones is 1. The van der Waals surface area contributed by atoms with Crippen molar-refractivity contribution in [1.29, 1.82) is 0 Å². The Labute approximate surface area is 217 Å². The summed E-state index contributed by atoms with van der Waals surface area (Å²) in [4.78, 5) is 20.5. The summed E-state index contributed by atoms with van der Waals surface area (Å²) in [6.45, 7) is 6.17. The smallest absolute Gasteiger partial charge is 0.226 e. The number of benzene rings is 2. The van der Waals surface area contributed by atoms with Gasteiger partial charge >= 0.3 is 0 Å². The van der Waals surface area contributed by atoms with Gasteiger partial charge in [0.1, 0.15) is 12.4 Å². The molecule has 0 bridgehead atoms. The van der Waals surface area contributed by atoms with E-state index in [2.05, 4.69) is 58.4 Å². The summed E-state index contributed by atoms with van der Waals surface area (Å²) in [5.41, 5.74) is 4.76. The molecule has 37 heavy (non-hydrogen) atoms. The standard InChI is InChI=1S/C28H33N5O4/c1-6-32(7-2)20-10-8-17(9-11-20)26-25-21(31-28-29-16-30-33(26)28)12-18(13-22(25)34)19-14-23(35-3)27(37-5)24(15-19)36-4/h8-11,14-16,18,26H,6-7,12-13H2,1-5H3,(H,29,30,31). The summed E-state index contributed by atoms with van der Waals surface area (Å²) >= 11 is 0. The first-order chi connectivity index (χ1) is 18.0. The minimum absolute atomic E-state index is 0.0485. The predicted molar refractivity (Wildman–Crippen MR) is 142 cm³/mol. The Bertz CT molecular complexity index is 1300. The van der Waals surface area contributed by atoms with E-state index in [1.54, 1.807) is 21.3 Å². The zero-order valence-electron chi connectivity index (χ0n) is 21.9. The molecular weight excluding hydrogens is 470 g/mol. The first-order valence-corrected chi connectivity index (χ1v) is 12.6. The van der Waals surface area contributed by atoms with Gasteiger partial charge in [-0.25, -0.2) is 4.68 Å². The summed E-state index contributed by atoms with van der Waals surface area (Å²) in [6.07, 6.45) is 2.55. The first-order valence-electron chi connectivity index (χ1n) is 12.6. The largest absolute Gasteiger partial charge is 0.493 e. The van der Waals surface area contributed by atoms with Crippen LogP contribution in [-0.2, 0) is 4.79 Å². The molecule has 5 rings (SSSR count). The molecule has 3 aromatic rings. The number of hydrogen-bond acceptors (Lipinski definition) is 8. The lowest BCUT2D eigenvalue weighted by Gasteiger charge is -2.35. The van der Waals surface area contributed by atoms with Crippen molar-refractivity contribution in [3.63, 3.8) is 0 Å². The molecule has 1 aliphatic heterocycles. The monoisotopic (exact) mass is 503 g/mol. The van der Waals surface area contributed by atoms with E-state index in [1.807, 2.05) is 16.8 Å². The van der Waals surface area contributed by atoms with Crippen molar-refractivity contribution in [2.24, 2.45) is 0 Å². The van der Waals surface area contributed by atoms with Crippen molar-refractivity contribution in [3.05, 3.63) is 65.1 Å². The Morgan fingerprint density at radius 1 is 0.973 bits per heavy atom. The molecule has 1 aliphatic carbocycles. The molecule has 2 aliphatic rings. The molecule has 0 saturated heterocycles. The number of aromatic nitrogens is 3. The molecule has 9 heteroatoms. The van der Waals surface area contributed by atoms with Gasteiger partial charge < -0.3 is 24.4 Å². The summed E-state index contributed by atoms with van der Waals surface area (Å²) in [5.74, 6) is 2.36. The number of nitrogens with zero attached hydrogens (tertiary/aromatic N) is 4. The number of carbonyl (C=O) groups excluding carboxylic acids is 1. The second-order valence-corrected chi connectivity index (χ2v) is 9.20. The Balaban J connectivity index is 1.53. The maximum absolute atomic E-state index is 13.8. The fourth-order valence-electron chi connectivity index (χ4n) is 5.49. The van der Waals surface area contributed by atoms with E-state index in [0.29, 0.717) is 36.0 Å². The SMILES string of the molecule is CCN(CC)c1ccc(C2C3=C(CC(c4cc(OC)c(OC)c(OC)c4)CC3=O)Nc3ncnn32)cc1. The fourth-order valence-corrected chi connectivity index (χ4v) is 5.49. The molecule has 0 radical (unpaired) electrons. The number of hydrogen-bond donors (Lipinski definition) is 1. The molecule has 2 aromatic carbocycles. The number of fused-ring (bicyclic) bond motifs is 1. The number of methoxy groups -OCH3 is 3. The second-order valence-electron chi connectivity index (χ2n) is 9.20. The summed E-state index contributed by atoms with van der Waals surface area (Å²) < 4.78 is 18.4. The van der Waals surface area contributed by atoms with Crippen LogP contribution in [0, 0.1) is 0 Å². The number of ether oxygens (including phenoxy) is 3. The number of allylic oxidation sites excluding steroid dienone is 2. The lowest BCUT2D eigenvalue weighted by Crippen LogP contribution is -2.33. The molecule has 0 fully saturated rings. The zero-order valence-corrected chi connectivity index (χ0v) is 21.9. The van der Waals surface area contributed by atoms with Crippen LogP contribution in [0.25, 0.3) is 0 Å². The fraction of sp³-hybridized carbons (Fsp3) is 0.393. The molecular formula is C28H33N5O4. The van der Waals surface area contributed by atoms with E-state index in [1.165, 1.54) is 6.33 Å². The van der Waals surface area contributed by atoms with Gasteiger partial charge in [-0.3, -0.25) is 4.79 Å². The number of carbonyl (C=O) groups is 1. The highest BCUT2D eigenvalue weighted by molar-refractivity contribution is 6.00. The minimum atomic E-state index is -0.326. The molecule has 2 atom stereocenters. The average Bonchev–Trinajstić information content (AvgIpc) is 3.40. The Morgan fingerprint density at radius 3 is 2.24 bits per heavy atom. The molecule has 2 unspecified atom stereocenters. The van der Waals surface area contributed by atoms with E-state index in [0.717, 1.165) is 41.2 Å². The van der Waals surface area contributed by atoms with Gasteiger partial charge in [-0.2, -0.15) is 10.1 Å². The number of Topliss-reactive ketones (excluding diaryl/α,β-unsaturated/α-hetero) is 1. The van der Waals surface area contributed by atoms with Crippen LogP contribution in [0.15, 0.2) is 54.0 Å². The van der Waals surface area contributed by atoms with Crippen LogP contribution in [0.3, 0.4) is 0 Å². The van der Waals surface area contributed by atoms with E-state index < -0.39 is 0 Å². The zero-order chi connectivity index (χ0) is 26.1. The lowest BCUT2D eigenvalue weighted by molar-refractivity contribution is -0.116. The Morgan fingerprint density at radius 2 is 1.65 bits per heavy atom. The van der Waals surface area contributed by atoms with Crippen molar-refractivity contribution in [1.82, 2.24) is 14.8 Å². The lowest BCUT2D eigenvalue weighted by atomic mass is 9.77. The van der Waals surface area contributed by atoms with Crippen LogP contribution >= 0.6 is 0 Å². The normalized spacial score (nSPS) is 18.6. The van der Waals surface area contributed by atoms with E-state index in [9.17, 15) is 4.79 Å². The third-order valence-corrected chi connectivity index (χ3v) is 7.36. The third-order valence-electron chi connectivity index (χ3n) is 7.36. The summed E-state index contributed by atoms with van der Waals surface area (Å²) in [5, 5.41) is 7.86. The van der Waals surface area contributed by atoms with Crippen molar-refractivity contribution in [2.75, 3.05) is 44.6 Å². The molecule has 1 N–H and O–H groups in total. The van der Waals surface area contributed by atoms with Gasteiger partial charge in [0.05, 0.1) is 21.3 Å². The molecule has 9 nitrogen and oxygen atoms in total. The van der Waals surface area contributed by atoms with E-state index >= 15 is 0 Å². The number of nitrogens with one attached hydrogen (secondary N) is 1. The average molecular weight is 504 g/mol. The second kappa shape index (κ2) is 10.2. The van der Waals surface area contributed by atoms with Crippen LogP contribution < -0.4 is 24.4 Å². The molecule has 0 saturated carbocycles. The van der Waals surface area contributed by atoms with Gasteiger partial charge in [0.25, 0.3) is 0 Å². The third kappa shape index (κ3) is 4.28. The molecule has 2 heterocycles. The van der Waals surface area contributed by atoms with Crippen molar-refractivity contribution in [2.45, 2.75) is 38.6 Å². The molecule has 0 amide bonds. The van der Waals surface area contributed by atoms with Gasteiger partial charge in [-0.05, 0) is 61.6 Å². The maximum Gasteiger partial charge on any atom is 0.226 e. The molecule has 0 spiro atoms.